The van der Waals surface area contributed by atoms with E-state index < -0.39 is 24.4 Å². The number of nitrogens with one attached hydrogen (secondary N) is 1. The molecule has 0 saturated heterocycles. The fourth-order valence-corrected chi connectivity index (χ4v) is 3.66. The van der Waals surface area contributed by atoms with E-state index in [1.165, 1.54) is 0 Å². The van der Waals surface area contributed by atoms with Crippen molar-refractivity contribution >= 4 is 46.4 Å². The molecule has 24 heteroatoms. The van der Waals surface area contributed by atoms with Gasteiger partial charge in [-0.3, -0.25) is 10.7 Å². The first-order valence-corrected chi connectivity index (χ1v) is 15.8. The second-order valence-electron chi connectivity index (χ2n) is 9.63. The van der Waals surface area contributed by atoms with E-state index in [1.54, 1.807) is 0 Å². The van der Waals surface area contributed by atoms with Crippen molar-refractivity contribution < 1.29 is 59.7 Å². The van der Waals surface area contributed by atoms with Crippen LogP contribution >= 0.6 is 12.2 Å². The minimum Gasteiger partial charge on any atom is -0.409 e. The highest BCUT2D eigenvalue weighted by atomic mass is 32.1. The number of thiocarbonyl (C=S) groups is 1. The maximum absolute atomic E-state index is 9.19. The van der Waals surface area contributed by atoms with Gasteiger partial charge in [0.2, 0.25) is 0 Å². The molecule has 50 heavy (non-hydrogen) atoms. The first-order valence-electron chi connectivity index (χ1n) is 15.4. The summed E-state index contributed by atoms with van der Waals surface area (Å²) in [5.41, 5.74) is 29.9. The van der Waals surface area contributed by atoms with Crippen LogP contribution in [0.25, 0.3) is 0 Å². The third kappa shape index (κ3) is 24.2. The quantitative estimate of drug-likeness (QED) is 0.0109. The first kappa shape index (κ1) is 48.1. The van der Waals surface area contributed by atoms with Crippen molar-refractivity contribution in [3.63, 3.8) is 0 Å². The third-order valence-electron chi connectivity index (χ3n) is 6.08. The number of amidine groups is 5. The second kappa shape index (κ2) is 32.2. The Morgan fingerprint density at radius 3 is 1.10 bits per heavy atom. The first-order chi connectivity index (χ1) is 24.1. The molecule has 0 aromatic rings. The Bertz CT molecular complexity index is 1040. The monoisotopic (exact) mass is 745 g/mol. The molecule has 0 radical (unpaired) electrons. The van der Waals surface area contributed by atoms with Crippen LogP contribution in [-0.4, -0.2) is 143 Å². The maximum Gasteiger partial charge on any atom is 0.141 e. The van der Waals surface area contributed by atoms with E-state index in [-0.39, 0.29) is 126 Å². The Hall–Kier alpha value is -4.04. The zero-order valence-corrected chi connectivity index (χ0v) is 29.2. The highest BCUT2D eigenvalue weighted by molar-refractivity contribution is 7.80. The standard InChI is InChI=1S/C24H49N11O12S.C2H6/c25-17(30-36)1-7-42-13-15(44-9-3-19(27)32-38)23(46-11-5-21(29)34-40)24(47-12-6-22(48)35-41)16(45-10-4-20(28)33-39)14-43-8-2-18(26)31-37;1-2/h15-16,23-24,36-41H,1-14H2,(H2,25,30)(H2,26,31)(H2,27,32)(H2,28,33)(H2,29,34)(H,35,48);1-2H3. The lowest BCUT2D eigenvalue weighted by Crippen LogP contribution is -2.53. The lowest BCUT2D eigenvalue weighted by atomic mass is 10.0. The van der Waals surface area contributed by atoms with Gasteiger partial charge in [0.05, 0.1) is 52.9 Å². The van der Waals surface area contributed by atoms with E-state index in [0.717, 1.165) is 0 Å². The summed E-state index contributed by atoms with van der Waals surface area (Å²) in [4.78, 5) is 0.0654. The predicted molar refractivity (Wildman–Crippen MR) is 184 cm³/mol. The summed E-state index contributed by atoms with van der Waals surface area (Å²) >= 11 is 5.03. The Morgan fingerprint density at radius 1 is 0.520 bits per heavy atom. The van der Waals surface area contributed by atoms with Gasteiger partial charge in [-0.25, -0.2) is 0 Å². The van der Waals surface area contributed by atoms with Crippen LogP contribution < -0.4 is 34.1 Å². The predicted octanol–water partition coefficient (Wildman–Crippen LogP) is -1.03. The van der Waals surface area contributed by atoms with Gasteiger partial charge in [-0.05, 0) is 0 Å². The highest BCUT2D eigenvalue weighted by Gasteiger charge is 2.39. The summed E-state index contributed by atoms with van der Waals surface area (Å²) in [6.07, 6.45) is -3.96. The van der Waals surface area contributed by atoms with Crippen molar-refractivity contribution in [2.45, 2.75) is 76.8 Å². The Labute approximate surface area is 295 Å². The van der Waals surface area contributed by atoms with Gasteiger partial charge in [0.15, 0.2) is 0 Å². The van der Waals surface area contributed by atoms with E-state index in [1.807, 2.05) is 19.3 Å². The molecule has 0 saturated carbocycles. The van der Waals surface area contributed by atoms with Gasteiger partial charge in [0, 0.05) is 38.5 Å². The number of hydrogen-bond donors (Lipinski definition) is 12. The van der Waals surface area contributed by atoms with Crippen LogP contribution in [0.4, 0.5) is 0 Å². The largest absolute Gasteiger partial charge is 0.409 e. The number of nitrogens with two attached hydrogens (primary N) is 5. The molecular formula is C26H55N11O12S. The zero-order valence-electron chi connectivity index (χ0n) is 28.4. The molecule has 0 fully saturated rings. The van der Waals surface area contributed by atoms with Crippen LogP contribution in [0.2, 0.25) is 0 Å². The van der Waals surface area contributed by atoms with Crippen LogP contribution in [0.5, 0.6) is 0 Å². The van der Waals surface area contributed by atoms with Gasteiger partial charge in [-0.15, -0.1) is 0 Å². The molecule has 0 spiro atoms. The van der Waals surface area contributed by atoms with E-state index in [4.69, 9.17) is 95.3 Å². The molecule has 4 atom stereocenters. The lowest BCUT2D eigenvalue weighted by molar-refractivity contribution is -0.194. The molecule has 0 aliphatic heterocycles. The number of hydrogen-bond acceptors (Lipinski definition) is 18. The van der Waals surface area contributed by atoms with Crippen LogP contribution in [0.3, 0.4) is 0 Å². The van der Waals surface area contributed by atoms with Crippen LogP contribution in [0, 0.1) is 0 Å². The average Bonchev–Trinajstić information content (AvgIpc) is 3.14. The second-order valence-corrected chi connectivity index (χ2v) is 10.1. The Balaban J connectivity index is 0. The summed E-state index contributed by atoms with van der Waals surface area (Å²) in [6, 6.07) is 0. The Kier molecular flexibility index (Phi) is 30.9. The van der Waals surface area contributed by atoms with E-state index in [9.17, 15) is 5.21 Å². The van der Waals surface area contributed by atoms with Crippen LogP contribution in [0.1, 0.15) is 52.4 Å². The van der Waals surface area contributed by atoms with Gasteiger partial charge in [0.25, 0.3) is 0 Å². The number of ether oxygens (including phenoxy) is 6. The third-order valence-corrected chi connectivity index (χ3v) is 6.38. The van der Waals surface area contributed by atoms with Gasteiger partial charge in [0.1, 0.15) is 58.6 Å². The molecular weight excluding hydrogens is 690 g/mol. The van der Waals surface area contributed by atoms with Crippen LogP contribution in [-0.2, 0) is 28.4 Å². The molecule has 0 aliphatic carbocycles. The van der Waals surface area contributed by atoms with Gasteiger partial charge >= 0.3 is 0 Å². The van der Waals surface area contributed by atoms with Crippen molar-refractivity contribution in [3.8, 4) is 0 Å². The molecule has 0 aliphatic rings. The minimum absolute atomic E-state index is 0.00539. The summed E-state index contributed by atoms with van der Waals surface area (Å²) in [5.74, 6) is -0.530. The fraction of sp³-hybridized carbons (Fsp3) is 0.769. The van der Waals surface area contributed by atoms with Gasteiger partial charge < -0.3 is 83.1 Å². The Morgan fingerprint density at radius 2 is 0.800 bits per heavy atom. The number of hydroxylamine groups is 1. The van der Waals surface area contributed by atoms with Gasteiger partial charge in [-0.1, -0.05) is 51.8 Å². The normalized spacial score (nSPS) is 15.5. The smallest absolute Gasteiger partial charge is 0.141 e. The molecule has 23 nitrogen and oxygen atoms in total. The lowest BCUT2D eigenvalue weighted by Gasteiger charge is -2.37. The van der Waals surface area contributed by atoms with E-state index in [2.05, 4.69) is 25.8 Å². The molecule has 0 bridgehead atoms. The molecule has 292 valence electrons. The highest BCUT2D eigenvalue weighted by Crippen LogP contribution is 2.21. The van der Waals surface area contributed by atoms with Crippen molar-refractivity contribution in [1.82, 2.24) is 5.48 Å². The van der Waals surface area contributed by atoms with Crippen LogP contribution in [0.15, 0.2) is 25.8 Å². The van der Waals surface area contributed by atoms with Gasteiger partial charge in [-0.2, -0.15) is 0 Å². The number of nitrogens with zero attached hydrogens (tertiary/aromatic N) is 5. The maximum atomic E-state index is 9.19. The van der Waals surface area contributed by atoms with Crippen molar-refractivity contribution in [2.24, 2.45) is 54.4 Å². The van der Waals surface area contributed by atoms with Crippen molar-refractivity contribution in [2.75, 3.05) is 52.9 Å². The molecule has 0 rings (SSSR count). The summed E-state index contributed by atoms with van der Waals surface area (Å²) in [6.45, 7) is 3.32. The van der Waals surface area contributed by atoms with Crippen molar-refractivity contribution in [1.29, 1.82) is 0 Å². The molecule has 0 heterocycles. The van der Waals surface area contributed by atoms with E-state index in [0.29, 0.717) is 0 Å². The molecule has 4 unspecified atom stereocenters. The summed E-state index contributed by atoms with van der Waals surface area (Å²) < 4.78 is 36.1. The molecule has 0 aromatic carbocycles. The zero-order chi connectivity index (χ0) is 38.2. The van der Waals surface area contributed by atoms with E-state index >= 15 is 0 Å². The summed E-state index contributed by atoms with van der Waals surface area (Å²) in [5, 5.41) is 68.6. The average molecular weight is 746 g/mol. The number of rotatable bonds is 29. The summed E-state index contributed by atoms with van der Waals surface area (Å²) in [7, 11) is 0. The molecule has 17 N–H and O–H groups in total. The SMILES string of the molecule is CC.N/C(CCOCC(OCC/C(N)=N/O)C(OCCC(=S)NO)C(OCC/C(N)=N/O)C(COCC/C(N)=N/O)OCC/C(N)=N/O)=N\O. The molecule has 0 aromatic heterocycles. The number of oxime groups is 5. The minimum atomic E-state index is -1.09. The fourth-order valence-electron chi connectivity index (χ4n) is 3.58. The molecule has 0 amide bonds. The topological polar surface area (TPSA) is 381 Å². The van der Waals surface area contributed by atoms with Crippen molar-refractivity contribution in [3.05, 3.63) is 0 Å².